The molecule has 2 aromatic heterocycles. The first kappa shape index (κ1) is 22.3. The van der Waals surface area contributed by atoms with Gasteiger partial charge in [0.15, 0.2) is 11.5 Å². The van der Waals surface area contributed by atoms with Crippen molar-refractivity contribution in [1.82, 2.24) is 14.8 Å². The molecule has 1 aliphatic rings. The smallest absolute Gasteiger partial charge is 0.265 e. The molecule has 7 nitrogen and oxygen atoms in total. The van der Waals surface area contributed by atoms with Crippen LogP contribution in [0.2, 0.25) is 0 Å². The Labute approximate surface area is 200 Å². The number of ketones is 1. The van der Waals surface area contributed by atoms with E-state index in [1.807, 2.05) is 37.4 Å². The van der Waals surface area contributed by atoms with Crippen LogP contribution in [0.15, 0.2) is 59.4 Å². The first-order valence-electron chi connectivity index (χ1n) is 11.2. The SMILES string of the molecule is COc1c(C(=O)NC2CCN(C)C2)sc2c1c(=O)n(CC(=O)c1ccccc1)c1ccccc21. The fraction of sp³-hybridized carbons (Fsp3) is 0.269. The van der Waals surface area contributed by atoms with Crippen molar-refractivity contribution in [2.45, 2.75) is 19.0 Å². The number of carbonyl (C=O) groups excluding carboxylic acids is 2. The van der Waals surface area contributed by atoms with Gasteiger partial charge in [-0.05, 0) is 26.1 Å². The number of hydrogen-bond donors (Lipinski definition) is 1. The molecule has 0 spiro atoms. The molecule has 0 radical (unpaired) electrons. The Hall–Kier alpha value is -3.49. The number of nitrogens with zero attached hydrogens (tertiary/aromatic N) is 2. The first-order valence-corrected chi connectivity index (χ1v) is 12.0. The molecular formula is C26H25N3O4S. The van der Waals surface area contributed by atoms with E-state index >= 15 is 0 Å². The normalized spacial score (nSPS) is 16.2. The second-order valence-corrected chi connectivity index (χ2v) is 9.61. The lowest BCUT2D eigenvalue weighted by molar-refractivity contribution is 0.0937. The number of nitrogens with one attached hydrogen (secondary N) is 1. The summed E-state index contributed by atoms with van der Waals surface area (Å²) in [6.07, 6.45) is 0.882. The van der Waals surface area contributed by atoms with E-state index in [0.717, 1.165) is 24.9 Å². The lowest BCUT2D eigenvalue weighted by atomic mass is 10.1. The number of pyridine rings is 1. The largest absolute Gasteiger partial charge is 0.494 e. The predicted molar refractivity (Wildman–Crippen MR) is 134 cm³/mol. The van der Waals surface area contributed by atoms with Crippen molar-refractivity contribution in [3.05, 3.63) is 75.4 Å². The van der Waals surface area contributed by atoms with Crippen molar-refractivity contribution in [3.63, 3.8) is 0 Å². The number of aromatic nitrogens is 1. The summed E-state index contributed by atoms with van der Waals surface area (Å²) in [5.74, 6) is -0.140. The molecule has 0 bridgehead atoms. The van der Waals surface area contributed by atoms with Gasteiger partial charge in [-0.15, -0.1) is 11.3 Å². The molecule has 1 unspecified atom stereocenters. The zero-order valence-corrected chi connectivity index (χ0v) is 19.9. The molecule has 8 heteroatoms. The monoisotopic (exact) mass is 475 g/mol. The van der Waals surface area contributed by atoms with E-state index in [0.29, 0.717) is 26.0 Å². The molecule has 2 aromatic carbocycles. The van der Waals surface area contributed by atoms with Gasteiger partial charge in [-0.25, -0.2) is 0 Å². The summed E-state index contributed by atoms with van der Waals surface area (Å²) < 4.78 is 7.79. The van der Waals surface area contributed by atoms with E-state index in [-0.39, 0.29) is 35.6 Å². The molecule has 1 aliphatic heterocycles. The molecule has 1 atom stereocenters. The van der Waals surface area contributed by atoms with Crippen LogP contribution in [0.25, 0.3) is 21.0 Å². The number of ether oxygens (including phenoxy) is 1. The zero-order valence-electron chi connectivity index (χ0n) is 19.0. The molecule has 4 aromatic rings. The molecule has 3 heterocycles. The Morgan fingerprint density at radius 1 is 1.12 bits per heavy atom. The van der Waals surface area contributed by atoms with Crippen LogP contribution in [0, 0.1) is 0 Å². The van der Waals surface area contributed by atoms with Crippen LogP contribution in [0.5, 0.6) is 5.75 Å². The number of carbonyl (C=O) groups is 2. The van der Waals surface area contributed by atoms with Crippen LogP contribution < -0.4 is 15.6 Å². The van der Waals surface area contributed by atoms with Gasteiger partial charge in [0.05, 0.1) is 23.9 Å². The number of likely N-dealkylation sites (tertiary alicyclic amines) is 1. The molecule has 1 amide bonds. The van der Waals surface area contributed by atoms with Gasteiger partial charge in [0.1, 0.15) is 10.3 Å². The number of rotatable bonds is 6. The summed E-state index contributed by atoms with van der Waals surface area (Å²) >= 11 is 1.26. The minimum absolute atomic E-state index is 0.0596. The zero-order chi connectivity index (χ0) is 23.8. The quantitative estimate of drug-likeness (QED) is 0.432. The van der Waals surface area contributed by atoms with Crippen molar-refractivity contribution < 1.29 is 14.3 Å². The van der Waals surface area contributed by atoms with Crippen molar-refractivity contribution in [3.8, 4) is 5.75 Å². The number of fused-ring (bicyclic) bond motifs is 3. The fourth-order valence-corrected chi connectivity index (χ4v) is 5.81. The van der Waals surface area contributed by atoms with Crippen LogP contribution in [0.3, 0.4) is 0 Å². The average molecular weight is 476 g/mol. The van der Waals surface area contributed by atoms with E-state index in [2.05, 4.69) is 10.2 Å². The van der Waals surface area contributed by atoms with E-state index in [1.54, 1.807) is 24.3 Å². The summed E-state index contributed by atoms with van der Waals surface area (Å²) in [6.45, 7) is 1.61. The number of amides is 1. The Kier molecular flexibility index (Phi) is 5.93. The van der Waals surface area contributed by atoms with Gasteiger partial charge in [-0.3, -0.25) is 19.0 Å². The van der Waals surface area contributed by atoms with Crippen LogP contribution in [0.4, 0.5) is 0 Å². The molecule has 1 N–H and O–H groups in total. The minimum atomic E-state index is -0.342. The Morgan fingerprint density at radius 3 is 2.56 bits per heavy atom. The molecule has 174 valence electrons. The number of benzene rings is 2. The Bertz CT molecular complexity index is 1460. The van der Waals surface area contributed by atoms with Crippen LogP contribution >= 0.6 is 11.3 Å². The molecule has 5 rings (SSSR count). The van der Waals surface area contributed by atoms with Crippen LogP contribution in [-0.2, 0) is 6.54 Å². The maximum Gasteiger partial charge on any atom is 0.265 e. The van der Waals surface area contributed by atoms with Gasteiger partial charge in [-0.2, -0.15) is 0 Å². The summed E-state index contributed by atoms with van der Waals surface area (Å²) in [7, 11) is 3.49. The molecular weight excluding hydrogens is 450 g/mol. The maximum absolute atomic E-state index is 13.7. The van der Waals surface area contributed by atoms with Gasteiger partial charge in [0, 0.05) is 23.5 Å². The highest BCUT2D eigenvalue weighted by atomic mass is 32.1. The lowest BCUT2D eigenvalue weighted by Crippen LogP contribution is -2.36. The van der Waals surface area contributed by atoms with Gasteiger partial charge in [0.25, 0.3) is 11.5 Å². The Morgan fingerprint density at radius 2 is 1.85 bits per heavy atom. The average Bonchev–Trinajstić information content (AvgIpc) is 3.45. The third kappa shape index (κ3) is 3.89. The van der Waals surface area contributed by atoms with E-state index in [9.17, 15) is 14.4 Å². The van der Waals surface area contributed by atoms with Gasteiger partial charge >= 0.3 is 0 Å². The summed E-state index contributed by atoms with van der Waals surface area (Å²) in [6, 6.07) is 16.4. The lowest BCUT2D eigenvalue weighted by Gasteiger charge is -2.13. The second-order valence-electron chi connectivity index (χ2n) is 8.59. The first-order chi connectivity index (χ1) is 16.5. The molecule has 0 aliphatic carbocycles. The number of para-hydroxylation sites is 1. The highest BCUT2D eigenvalue weighted by molar-refractivity contribution is 7.22. The molecule has 1 saturated heterocycles. The van der Waals surface area contributed by atoms with Gasteiger partial charge in [-0.1, -0.05) is 48.5 Å². The molecule has 1 fully saturated rings. The fourth-order valence-electron chi connectivity index (χ4n) is 4.61. The third-order valence-corrected chi connectivity index (χ3v) is 7.50. The number of hydrogen-bond acceptors (Lipinski definition) is 6. The second kappa shape index (κ2) is 9.04. The number of methoxy groups -OCH3 is 1. The van der Waals surface area contributed by atoms with Crippen molar-refractivity contribution in [2.24, 2.45) is 0 Å². The Balaban J connectivity index is 1.64. The molecule has 0 saturated carbocycles. The van der Waals surface area contributed by atoms with E-state index in [4.69, 9.17) is 4.74 Å². The number of likely N-dealkylation sites (N-methyl/N-ethyl adjacent to an activating group) is 1. The topological polar surface area (TPSA) is 80.6 Å². The van der Waals surface area contributed by atoms with Crippen LogP contribution in [-0.4, -0.2) is 54.4 Å². The van der Waals surface area contributed by atoms with Crippen molar-refractivity contribution in [1.29, 1.82) is 0 Å². The van der Waals surface area contributed by atoms with E-state index in [1.165, 1.54) is 23.0 Å². The van der Waals surface area contributed by atoms with Crippen molar-refractivity contribution in [2.75, 3.05) is 27.2 Å². The third-order valence-electron chi connectivity index (χ3n) is 6.30. The van der Waals surface area contributed by atoms with Gasteiger partial charge < -0.3 is 15.0 Å². The highest BCUT2D eigenvalue weighted by Gasteiger charge is 2.28. The van der Waals surface area contributed by atoms with Gasteiger partial charge in [0.2, 0.25) is 0 Å². The summed E-state index contributed by atoms with van der Waals surface area (Å²) in [5, 5.41) is 4.22. The standard InChI is InChI=1S/C26H25N3O4S/c1-28-13-12-17(14-28)27-25(31)24-22(33-2)21-23(34-24)18-10-6-7-11-19(18)29(26(21)32)15-20(30)16-8-4-3-5-9-16/h3-11,17H,12-15H2,1-2H3,(H,27,31). The highest BCUT2D eigenvalue weighted by Crippen LogP contribution is 2.39. The molecule has 34 heavy (non-hydrogen) atoms. The number of Topliss-reactive ketones (excluding diaryl/α,β-unsaturated/α-hetero) is 1. The van der Waals surface area contributed by atoms with E-state index < -0.39 is 0 Å². The summed E-state index contributed by atoms with van der Waals surface area (Å²) in [4.78, 5) is 42.4. The number of thiophene rings is 1. The predicted octanol–water partition coefficient (Wildman–Crippen LogP) is 3.54. The maximum atomic E-state index is 13.7. The minimum Gasteiger partial charge on any atom is -0.494 e. The van der Waals surface area contributed by atoms with Crippen LogP contribution in [0.1, 0.15) is 26.5 Å². The van der Waals surface area contributed by atoms with Crippen molar-refractivity contribution >= 4 is 44.0 Å². The summed E-state index contributed by atoms with van der Waals surface area (Å²) in [5.41, 5.74) is 0.848.